The van der Waals surface area contributed by atoms with Crippen molar-refractivity contribution in [3.8, 4) is 5.75 Å². The molecule has 2 aromatic rings. The minimum atomic E-state index is -0.788. The molecule has 0 aliphatic rings. The third-order valence-corrected chi connectivity index (χ3v) is 5.22. The number of hydrogen-bond acceptors (Lipinski definition) is 5. The smallest absolute Gasteiger partial charge is 0.304 e. The molecule has 1 heterocycles. The molecule has 0 saturated heterocycles. The van der Waals surface area contributed by atoms with Gasteiger partial charge < -0.3 is 15.2 Å². The molecule has 1 aromatic heterocycles. The monoisotopic (exact) mass is 365 g/mol. The second-order valence-corrected chi connectivity index (χ2v) is 7.47. The summed E-state index contributed by atoms with van der Waals surface area (Å²) in [6.07, 6.45) is 0.151. The summed E-state index contributed by atoms with van der Waals surface area (Å²) < 4.78 is 5.23. The minimum absolute atomic E-state index is 0.151. The number of carbonyl (C=O) groups excluding carboxylic acids is 1. The lowest BCUT2D eigenvalue weighted by Crippen LogP contribution is -2.11. The maximum atomic E-state index is 12.4. The Balaban J connectivity index is 1.98. The Labute approximate surface area is 149 Å². The molecule has 0 fully saturated rings. The molecule has 0 aliphatic carbocycles. The molecular formula is C17H19NO4S2. The Hall–Kier alpha value is -1.99. The zero-order valence-corrected chi connectivity index (χ0v) is 15.1. The number of amides is 1. The van der Waals surface area contributed by atoms with Crippen LogP contribution >= 0.6 is 23.1 Å². The van der Waals surface area contributed by atoms with Gasteiger partial charge in [0.25, 0.3) is 5.91 Å². The van der Waals surface area contributed by atoms with Crippen LogP contribution in [0.3, 0.4) is 0 Å². The molecule has 0 radical (unpaired) electrons. The third kappa shape index (κ3) is 5.28. The highest BCUT2D eigenvalue weighted by atomic mass is 32.2. The largest absolute Gasteiger partial charge is 0.495 e. The Kier molecular flexibility index (Phi) is 6.69. The van der Waals surface area contributed by atoms with E-state index in [2.05, 4.69) is 5.32 Å². The van der Waals surface area contributed by atoms with E-state index < -0.39 is 5.97 Å². The number of rotatable bonds is 8. The first kappa shape index (κ1) is 18.4. The van der Waals surface area contributed by atoms with E-state index in [9.17, 15) is 9.59 Å². The third-order valence-electron chi connectivity index (χ3n) is 3.16. The summed E-state index contributed by atoms with van der Waals surface area (Å²) in [6.45, 7) is 1.93. The first-order valence-corrected chi connectivity index (χ1v) is 9.31. The van der Waals surface area contributed by atoms with Gasteiger partial charge in [-0.1, -0.05) is 12.1 Å². The molecule has 0 aliphatic heterocycles. The van der Waals surface area contributed by atoms with E-state index in [0.29, 0.717) is 27.8 Å². The van der Waals surface area contributed by atoms with Crippen molar-refractivity contribution >= 4 is 40.7 Å². The zero-order chi connectivity index (χ0) is 17.5. The standard InChI is InChI=1S/C17H19NO4S2/c1-11-8-14(22-2)16(24-11)17(21)18-13-5-3-4-12(9-13)10-23-7-6-15(19)20/h3-5,8-9H,6-7,10H2,1-2H3,(H,18,21)(H,19,20). The van der Waals surface area contributed by atoms with Gasteiger partial charge in [-0.05, 0) is 30.7 Å². The number of benzene rings is 1. The maximum absolute atomic E-state index is 12.4. The number of aryl methyl sites for hydroxylation is 1. The fourth-order valence-corrected chi connectivity index (χ4v) is 3.83. The normalized spacial score (nSPS) is 10.4. The average molecular weight is 365 g/mol. The summed E-state index contributed by atoms with van der Waals surface area (Å²) in [6, 6.07) is 9.41. The number of carboxylic acid groups (broad SMARTS) is 1. The Morgan fingerprint density at radius 2 is 2.12 bits per heavy atom. The number of thiophene rings is 1. The van der Waals surface area contributed by atoms with E-state index in [1.807, 2.05) is 37.3 Å². The SMILES string of the molecule is COc1cc(C)sc1C(=O)Nc1cccc(CSCCC(=O)O)c1. The Morgan fingerprint density at radius 1 is 1.33 bits per heavy atom. The average Bonchev–Trinajstić information content (AvgIpc) is 2.93. The predicted octanol–water partition coefficient (Wildman–Crippen LogP) is 4.03. The van der Waals surface area contributed by atoms with Crippen LogP contribution < -0.4 is 10.1 Å². The topological polar surface area (TPSA) is 75.6 Å². The Bertz CT molecular complexity index is 727. The maximum Gasteiger partial charge on any atom is 0.304 e. The van der Waals surface area contributed by atoms with Crippen molar-refractivity contribution in [1.82, 2.24) is 0 Å². The van der Waals surface area contributed by atoms with E-state index >= 15 is 0 Å². The first-order chi connectivity index (χ1) is 11.5. The number of nitrogens with one attached hydrogen (secondary N) is 1. The van der Waals surface area contributed by atoms with Gasteiger partial charge in [-0.15, -0.1) is 11.3 Å². The lowest BCUT2D eigenvalue weighted by molar-refractivity contribution is -0.136. The van der Waals surface area contributed by atoms with Gasteiger partial charge in [-0.2, -0.15) is 11.8 Å². The van der Waals surface area contributed by atoms with Crippen LogP contribution in [0.4, 0.5) is 5.69 Å². The molecule has 0 bridgehead atoms. The predicted molar refractivity (Wildman–Crippen MR) is 98.4 cm³/mol. The molecular weight excluding hydrogens is 346 g/mol. The first-order valence-electron chi connectivity index (χ1n) is 7.34. The highest BCUT2D eigenvalue weighted by molar-refractivity contribution is 7.98. The van der Waals surface area contributed by atoms with E-state index in [-0.39, 0.29) is 12.3 Å². The molecule has 0 unspecified atom stereocenters. The van der Waals surface area contributed by atoms with Gasteiger partial charge in [0.15, 0.2) is 0 Å². The van der Waals surface area contributed by atoms with Gasteiger partial charge in [0, 0.05) is 22.1 Å². The van der Waals surface area contributed by atoms with Crippen LogP contribution in [-0.2, 0) is 10.5 Å². The van der Waals surface area contributed by atoms with Crippen LogP contribution in [0.2, 0.25) is 0 Å². The quantitative estimate of drug-likeness (QED) is 0.691. The van der Waals surface area contributed by atoms with Gasteiger partial charge in [-0.25, -0.2) is 0 Å². The van der Waals surface area contributed by atoms with E-state index in [1.54, 1.807) is 18.9 Å². The molecule has 0 atom stereocenters. The van der Waals surface area contributed by atoms with Gasteiger partial charge in [0.1, 0.15) is 10.6 Å². The highest BCUT2D eigenvalue weighted by Gasteiger charge is 2.16. The summed E-state index contributed by atoms with van der Waals surface area (Å²) in [5, 5.41) is 11.5. The van der Waals surface area contributed by atoms with Crippen LogP contribution in [0.5, 0.6) is 5.75 Å². The molecule has 0 saturated carbocycles. The van der Waals surface area contributed by atoms with Crippen molar-refractivity contribution in [1.29, 1.82) is 0 Å². The minimum Gasteiger partial charge on any atom is -0.495 e. The summed E-state index contributed by atoms with van der Waals surface area (Å²) in [4.78, 5) is 24.5. The fraction of sp³-hybridized carbons (Fsp3) is 0.294. The summed E-state index contributed by atoms with van der Waals surface area (Å²) in [5.74, 6) is 0.871. The molecule has 7 heteroatoms. The van der Waals surface area contributed by atoms with Crippen molar-refractivity contribution in [2.45, 2.75) is 19.1 Å². The molecule has 2 rings (SSSR count). The number of thioether (sulfide) groups is 1. The number of carboxylic acids is 1. The van der Waals surface area contributed by atoms with E-state index in [1.165, 1.54) is 11.3 Å². The molecule has 1 amide bonds. The Morgan fingerprint density at radius 3 is 2.83 bits per heavy atom. The number of hydrogen-bond donors (Lipinski definition) is 2. The van der Waals surface area contributed by atoms with Crippen LogP contribution in [-0.4, -0.2) is 29.8 Å². The zero-order valence-electron chi connectivity index (χ0n) is 13.5. The van der Waals surface area contributed by atoms with Crippen LogP contribution in [0.25, 0.3) is 0 Å². The summed E-state index contributed by atoms with van der Waals surface area (Å²) in [7, 11) is 1.55. The summed E-state index contributed by atoms with van der Waals surface area (Å²) >= 11 is 2.95. The number of methoxy groups -OCH3 is 1. The fourth-order valence-electron chi connectivity index (χ4n) is 2.08. The lowest BCUT2D eigenvalue weighted by Gasteiger charge is -2.07. The van der Waals surface area contributed by atoms with Gasteiger partial charge in [0.2, 0.25) is 0 Å². The van der Waals surface area contributed by atoms with Crippen LogP contribution in [0, 0.1) is 6.92 Å². The number of aliphatic carboxylic acids is 1. The molecule has 24 heavy (non-hydrogen) atoms. The van der Waals surface area contributed by atoms with Gasteiger partial charge in [0.05, 0.1) is 13.5 Å². The van der Waals surface area contributed by atoms with Crippen molar-refractivity contribution in [3.63, 3.8) is 0 Å². The van der Waals surface area contributed by atoms with Crippen molar-refractivity contribution in [2.24, 2.45) is 0 Å². The van der Waals surface area contributed by atoms with E-state index in [0.717, 1.165) is 10.4 Å². The molecule has 2 N–H and O–H groups in total. The van der Waals surface area contributed by atoms with Crippen molar-refractivity contribution < 1.29 is 19.4 Å². The molecule has 0 spiro atoms. The number of carbonyl (C=O) groups is 2. The highest BCUT2D eigenvalue weighted by Crippen LogP contribution is 2.29. The second-order valence-electron chi connectivity index (χ2n) is 5.11. The number of ether oxygens (including phenoxy) is 1. The van der Waals surface area contributed by atoms with Crippen molar-refractivity contribution in [2.75, 3.05) is 18.2 Å². The van der Waals surface area contributed by atoms with Crippen LogP contribution in [0.15, 0.2) is 30.3 Å². The summed E-state index contributed by atoms with van der Waals surface area (Å²) in [5.41, 5.74) is 1.75. The molecule has 128 valence electrons. The van der Waals surface area contributed by atoms with Gasteiger partial charge in [-0.3, -0.25) is 9.59 Å². The van der Waals surface area contributed by atoms with Crippen LogP contribution in [0.1, 0.15) is 26.5 Å². The molecule has 5 nitrogen and oxygen atoms in total. The van der Waals surface area contributed by atoms with E-state index in [4.69, 9.17) is 9.84 Å². The second kappa shape index (κ2) is 8.75. The van der Waals surface area contributed by atoms with Gasteiger partial charge >= 0.3 is 5.97 Å². The lowest BCUT2D eigenvalue weighted by atomic mass is 10.2. The molecule has 1 aromatic carbocycles. The van der Waals surface area contributed by atoms with Crippen molar-refractivity contribution in [3.05, 3.63) is 45.6 Å². The number of anilines is 1.